The number of guanidine groups is 1. The molecule has 0 amide bonds. The molecule has 1 fully saturated rings. The molecule has 0 bridgehead atoms. The van der Waals surface area contributed by atoms with Gasteiger partial charge in [0.1, 0.15) is 5.82 Å². The quantitative estimate of drug-likeness (QED) is 0.668. The highest BCUT2D eigenvalue weighted by Crippen LogP contribution is 2.17. The summed E-state index contributed by atoms with van der Waals surface area (Å²) in [5.41, 5.74) is 7.93. The number of nitrogens with zero attached hydrogens (tertiary/aromatic N) is 3. The van der Waals surface area contributed by atoms with Gasteiger partial charge in [-0.05, 0) is 36.6 Å². The van der Waals surface area contributed by atoms with Crippen molar-refractivity contribution in [2.75, 3.05) is 23.3 Å². The summed E-state index contributed by atoms with van der Waals surface area (Å²) < 4.78 is 0. The molecular weight excluding hydrogens is 298 g/mol. The van der Waals surface area contributed by atoms with Gasteiger partial charge in [0.05, 0.1) is 6.54 Å². The van der Waals surface area contributed by atoms with Gasteiger partial charge in [-0.1, -0.05) is 37.1 Å². The Labute approximate surface area is 143 Å². The van der Waals surface area contributed by atoms with Crippen LogP contribution in [0.1, 0.15) is 31.2 Å². The Morgan fingerprint density at radius 2 is 1.79 bits per heavy atom. The predicted octanol–water partition coefficient (Wildman–Crippen LogP) is 3.39. The highest BCUT2D eigenvalue weighted by atomic mass is 15.2. The SMILES string of the molecule is NC(=NCc1ccc(N2CCCCCC2)nc1)Nc1ccccc1. The molecule has 1 aromatic carbocycles. The summed E-state index contributed by atoms with van der Waals surface area (Å²) in [6.07, 6.45) is 7.08. The number of rotatable bonds is 4. The average molecular weight is 323 g/mol. The molecule has 0 saturated carbocycles. The number of aliphatic imine (C=N–C) groups is 1. The van der Waals surface area contributed by atoms with Gasteiger partial charge in [-0.15, -0.1) is 0 Å². The van der Waals surface area contributed by atoms with E-state index in [0.29, 0.717) is 12.5 Å². The molecule has 5 nitrogen and oxygen atoms in total. The van der Waals surface area contributed by atoms with Gasteiger partial charge in [0.15, 0.2) is 5.96 Å². The molecule has 3 N–H and O–H groups in total. The van der Waals surface area contributed by atoms with Crippen LogP contribution in [0.15, 0.2) is 53.7 Å². The number of hydrogen-bond acceptors (Lipinski definition) is 3. The molecule has 0 unspecified atom stereocenters. The Bertz CT molecular complexity index is 643. The van der Waals surface area contributed by atoms with E-state index in [-0.39, 0.29) is 0 Å². The van der Waals surface area contributed by atoms with Gasteiger partial charge in [-0.2, -0.15) is 0 Å². The largest absolute Gasteiger partial charge is 0.370 e. The fourth-order valence-electron chi connectivity index (χ4n) is 2.88. The molecule has 1 aliphatic rings. The van der Waals surface area contributed by atoms with Crippen molar-refractivity contribution in [1.82, 2.24) is 4.98 Å². The molecule has 5 heteroatoms. The van der Waals surface area contributed by atoms with Crippen molar-refractivity contribution in [2.45, 2.75) is 32.2 Å². The summed E-state index contributed by atoms with van der Waals surface area (Å²) in [5.74, 6) is 1.48. The summed E-state index contributed by atoms with van der Waals surface area (Å²) in [5, 5.41) is 3.08. The van der Waals surface area contributed by atoms with E-state index in [2.05, 4.69) is 32.3 Å². The highest BCUT2D eigenvalue weighted by molar-refractivity contribution is 5.92. The number of pyridine rings is 1. The van der Waals surface area contributed by atoms with Crippen molar-refractivity contribution in [3.63, 3.8) is 0 Å². The summed E-state index contributed by atoms with van der Waals surface area (Å²) in [4.78, 5) is 11.4. The summed E-state index contributed by atoms with van der Waals surface area (Å²) in [6, 6.07) is 14.0. The van der Waals surface area contributed by atoms with Crippen molar-refractivity contribution >= 4 is 17.5 Å². The minimum Gasteiger partial charge on any atom is -0.370 e. The fourth-order valence-corrected chi connectivity index (χ4v) is 2.88. The Kier molecular flexibility index (Phi) is 5.66. The maximum absolute atomic E-state index is 5.93. The van der Waals surface area contributed by atoms with Crippen LogP contribution in [0.2, 0.25) is 0 Å². The van der Waals surface area contributed by atoms with Crippen LogP contribution >= 0.6 is 0 Å². The fraction of sp³-hybridized carbons (Fsp3) is 0.368. The van der Waals surface area contributed by atoms with Gasteiger partial charge in [0.2, 0.25) is 0 Å². The number of anilines is 2. The lowest BCUT2D eigenvalue weighted by atomic mass is 10.2. The van der Waals surface area contributed by atoms with Crippen LogP contribution in [0.4, 0.5) is 11.5 Å². The van der Waals surface area contributed by atoms with Crippen molar-refractivity contribution in [3.8, 4) is 0 Å². The zero-order chi connectivity index (χ0) is 16.6. The van der Waals surface area contributed by atoms with Crippen LogP contribution in [-0.4, -0.2) is 24.0 Å². The van der Waals surface area contributed by atoms with E-state index in [1.807, 2.05) is 36.5 Å². The zero-order valence-corrected chi connectivity index (χ0v) is 14.0. The van der Waals surface area contributed by atoms with Gasteiger partial charge in [-0.25, -0.2) is 9.98 Å². The molecule has 1 aliphatic heterocycles. The van der Waals surface area contributed by atoms with Crippen molar-refractivity contribution < 1.29 is 0 Å². The number of nitrogens with two attached hydrogens (primary N) is 1. The Hall–Kier alpha value is -2.56. The van der Waals surface area contributed by atoms with Gasteiger partial charge >= 0.3 is 0 Å². The topological polar surface area (TPSA) is 66.5 Å². The predicted molar refractivity (Wildman–Crippen MR) is 100 cm³/mol. The molecule has 0 spiro atoms. The van der Waals surface area contributed by atoms with Crippen LogP contribution in [0.5, 0.6) is 0 Å². The smallest absolute Gasteiger partial charge is 0.193 e. The van der Waals surface area contributed by atoms with Crippen LogP contribution in [0.3, 0.4) is 0 Å². The lowest BCUT2D eigenvalue weighted by Gasteiger charge is -2.21. The third kappa shape index (κ3) is 4.72. The molecule has 0 atom stereocenters. The lowest BCUT2D eigenvalue weighted by Crippen LogP contribution is -2.24. The maximum atomic E-state index is 5.93. The number of nitrogens with one attached hydrogen (secondary N) is 1. The number of para-hydroxylation sites is 1. The lowest BCUT2D eigenvalue weighted by molar-refractivity contribution is 0.726. The molecule has 1 saturated heterocycles. The minimum atomic E-state index is 0.415. The monoisotopic (exact) mass is 323 g/mol. The second-order valence-corrected chi connectivity index (χ2v) is 6.12. The molecule has 0 radical (unpaired) electrons. The van der Waals surface area contributed by atoms with Gasteiger partial charge < -0.3 is 16.0 Å². The summed E-state index contributed by atoms with van der Waals surface area (Å²) in [7, 11) is 0. The number of benzene rings is 1. The second kappa shape index (κ2) is 8.34. The standard InChI is InChI=1S/C19H25N5/c20-19(23-17-8-4-3-5-9-17)22-15-16-10-11-18(21-14-16)24-12-6-1-2-7-13-24/h3-5,8-11,14H,1-2,6-7,12-13,15H2,(H3,20,22,23). The first-order valence-corrected chi connectivity index (χ1v) is 8.63. The zero-order valence-electron chi connectivity index (χ0n) is 14.0. The first-order chi connectivity index (χ1) is 11.8. The molecule has 1 aromatic heterocycles. The van der Waals surface area contributed by atoms with Crippen molar-refractivity contribution in [3.05, 3.63) is 54.2 Å². The maximum Gasteiger partial charge on any atom is 0.193 e. The van der Waals surface area contributed by atoms with Gasteiger partial charge in [0, 0.05) is 25.0 Å². The van der Waals surface area contributed by atoms with Crippen molar-refractivity contribution in [2.24, 2.45) is 10.7 Å². The van der Waals surface area contributed by atoms with E-state index in [4.69, 9.17) is 5.73 Å². The first kappa shape index (κ1) is 16.3. The average Bonchev–Trinajstić information content (AvgIpc) is 2.91. The summed E-state index contributed by atoms with van der Waals surface area (Å²) in [6.45, 7) is 2.75. The molecule has 24 heavy (non-hydrogen) atoms. The Balaban J connectivity index is 1.56. The third-order valence-corrected chi connectivity index (χ3v) is 4.22. The van der Waals surface area contributed by atoms with E-state index in [1.165, 1.54) is 25.7 Å². The van der Waals surface area contributed by atoms with Gasteiger partial charge in [-0.3, -0.25) is 0 Å². The molecule has 0 aliphatic carbocycles. The van der Waals surface area contributed by atoms with E-state index in [0.717, 1.165) is 30.2 Å². The Morgan fingerprint density at radius 1 is 1.04 bits per heavy atom. The normalized spacial score (nSPS) is 15.8. The third-order valence-electron chi connectivity index (χ3n) is 4.22. The van der Waals surface area contributed by atoms with E-state index < -0.39 is 0 Å². The molecule has 2 heterocycles. The van der Waals surface area contributed by atoms with E-state index in [1.54, 1.807) is 0 Å². The molecule has 3 rings (SSSR count). The number of hydrogen-bond donors (Lipinski definition) is 2. The second-order valence-electron chi connectivity index (χ2n) is 6.12. The minimum absolute atomic E-state index is 0.415. The molecule has 126 valence electrons. The van der Waals surface area contributed by atoms with Crippen LogP contribution < -0.4 is 16.0 Å². The van der Waals surface area contributed by atoms with E-state index in [9.17, 15) is 0 Å². The van der Waals surface area contributed by atoms with Crippen LogP contribution in [-0.2, 0) is 6.54 Å². The molecule has 2 aromatic rings. The summed E-state index contributed by atoms with van der Waals surface area (Å²) >= 11 is 0. The molecular formula is C19H25N5. The van der Waals surface area contributed by atoms with Crippen LogP contribution in [0.25, 0.3) is 0 Å². The first-order valence-electron chi connectivity index (χ1n) is 8.63. The van der Waals surface area contributed by atoms with E-state index >= 15 is 0 Å². The van der Waals surface area contributed by atoms with Crippen LogP contribution in [0, 0.1) is 0 Å². The number of aromatic nitrogens is 1. The Morgan fingerprint density at radius 3 is 2.46 bits per heavy atom. The van der Waals surface area contributed by atoms with Crippen molar-refractivity contribution in [1.29, 1.82) is 0 Å². The highest BCUT2D eigenvalue weighted by Gasteiger charge is 2.10. The van der Waals surface area contributed by atoms with Gasteiger partial charge in [0.25, 0.3) is 0 Å².